The van der Waals surface area contributed by atoms with Crippen molar-refractivity contribution in [1.82, 2.24) is 0 Å². The Morgan fingerprint density at radius 3 is 0.800 bits per heavy atom. The third-order valence-electron chi connectivity index (χ3n) is 15.3. The summed E-state index contributed by atoms with van der Waals surface area (Å²) >= 11 is 0. The largest absolute Gasteiger partial charge is 0.472 e. The zero-order valence-corrected chi connectivity index (χ0v) is 56.5. The van der Waals surface area contributed by atoms with E-state index in [0.29, 0.717) is 31.6 Å². The Kier molecular flexibility index (Phi) is 58.3. The van der Waals surface area contributed by atoms with E-state index >= 15 is 0 Å². The fraction of sp³-hybridized carbons (Fsp3) is 0.939. The van der Waals surface area contributed by atoms with Gasteiger partial charge in [0.25, 0.3) is 0 Å². The first kappa shape index (κ1) is 83.1. The van der Waals surface area contributed by atoms with Crippen molar-refractivity contribution < 1.29 is 80.2 Å². The number of esters is 4. The maximum atomic E-state index is 13.0. The van der Waals surface area contributed by atoms with Crippen molar-refractivity contribution in [1.29, 1.82) is 0 Å². The molecule has 0 saturated heterocycles. The van der Waals surface area contributed by atoms with E-state index in [1.54, 1.807) is 0 Å². The summed E-state index contributed by atoms with van der Waals surface area (Å²) < 4.78 is 68.0. The lowest BCUT2D eigenvalue weighted by Crippen LogP contribution is -2.30. The molecule has 0 aliphatic rings. The van der Waals surface area contributed by atoms with Crippen LogP contribution >= 0.6 is 15.6 Å². The molecule has 17 nitrogen and oxygen atoms in total. The molecule has 19 heteroatoms. The molecular formula is C66H128O17P2. The molecule has 0 amide bonds. The first-order valence-corrected chi connectivity index (χ1v) is 37.6. The minimum atomic E-state index is -4.95. The summed E-state index contributed by atoms with van der Waals surface area (Å²) in [7, 11) is -9.88. The minimum Gasteiger partial charge on any atom is -0.462 e. The molecule has 0 aliphatic heterocycles. The van der Waals surface area contributed by atoms with Gasteiger partial charge >= 0.3 is 39.5 Å². The summed E-state index contributed by atoms with van der Waals surface area (Å²) in [4.78, 5) is 72.2. The molecule has 3 N–H and O–H groups in total. The number of unbranched alkanes of at least 4 members (excludes halogenated alkanes) is 38. The van der Waals surface area contributed by atoms with Gasteiger partial charge in [-0.25, -0.2) is 9.13 Å². The van der Waals surface area contributed by atoms with E-state index in [0.717, 1.165) is 103 Å². The number of ether oxygens (including phenoxy) is 4. The van der Waals surface area contributed by atoms with Crippen LogP contribution in [0.3, 0.4) is 0 Å². The second-order valence-electron chi connectivity index (χ2n) is 24.3. The van der Waals surface area contributed by atoms with E-state index in [4.69, 9.17) is 37.0 Å². The summed E-state index contributed by atoms with van der Waals surface area (Å²) in [5, 5.41) is 10.5. The fourth-order valence-electron chi connectivity index (χ4n) is 9.94. The molecule has 0 fully saturated rings. The van der Waals surface area contributed by atoms with Crippen LogP contribution < -0.4 is 0 Å². The molecule has 0 aromatic carbocycles. The van der Waals surface area contributed by atoms with Crippen molar-refractivity contribution in [3.8, 4) is 0 Å². The number of rotatable bonds is 66. The van der Waals surface area contributed by atoms with Gasteiger partial charge in [-0.3, -0.25) is 37.3 Å². The van der Waals surface area contributed by atoms with Gasteiger partial charge in [-0.15, -0.1) is 0 Å². The maximum Gasteiger partial charge on any atom is 0.472 e. The molecule has 0 radical (unpaired) electrons. The highest BCUT2D eigenvalue weighted by molar-refractivity contribution is 7.47. The molecule has 2 unspecified atom stereocenters. The Morgan fingerprint density at radius 2 is 0.541 bits per heavy atom. The van der Waals surface area contributed by atoms with Gasteiger partial charge in [0.15, 0.2) is 12.2 Å². The van der Waals surface area contributed by atoms with Crippen molar-refractivity contribution in [3.63, 3.8) is 0 Å². The van der Waals surface area contributed by atoms with Gasteiger partial charge < -0.3 is 33.8 Å². The lowest BCUT2D eigenvalue weighted by atomic mass is 10.0. The lowest BCUT2D eigenvalue weighted by molar-refractivity contribution is -0.161. The number of hydrogen-bond donors (Lipinski definition) is 3. The summed E-state index contributed by atoms with van der Waals surface area (Å²) in [5.41, 5.74) is 0. The highest BCUT2D eigenvalue weighted by atomic mass is 31.2. The first-order chi connectivity index (χ1) is 41.0. The van der Waals surface area contributed by atoms with Crippen LogP contribution in [0.25, 0.3) is 0 Å². The van der Waals surface area contributed by atoms with Gasteiger partial charge in [0.1, 0.15) is 19.3 Å². The normalized spacial score (nSPS) is 14.2. The Bertz CT molecular complexity index is 1650. The van der Waals surface area contributed by atoms with E-state index < -0.39 is 97.5 Å². The zero-order valence-electron chi connectivity index (χ0n) is 54.7. The molecular weight excluding hydrogens is 1130 g/mol. The van der Waals surface area contributed by atoms with Crippen LogP contribution in [-0.4, -0.2) is 96.7 Å². The van der Waals surface area contributed by atoms with Gasteiger partial charge in [-0.05, 0) is 31.6 Å². The number of phosphoric acid groups is 2. The molecule has 0 spiro atoms. The van der Waals surface area contributed by atoms with Crippen LogP contribution in [0.2, 0.25) is 0 Å². The van der Waals surface area contributed by atoms with Crippen LogP contribution in [0.15, 0.2) is 0 Å². The smallest absolute Gasteiger partial charge is 0.462 e. The van der Waals surface area contributed by atoms with E-state index in [-0.39, 0.29) is 25.7 Å². The van der Waals surface area contributed by atoms with Crippen LogP contribution in [0.4, 0.5) is 0 Å². The third kappa shape index (κ3) is 60.7. The molecule has 5 atom stereocenters. The minimum absolute atomic E-state index is 0.102. The Hall–Kier alpha value is -1.94. The lowest BCUT2D eigenvalue weighted by Gasteiger charge is -2.21. The van der Waals surface area contributed by atoms with Crippen molar-refractivity contribution in [2.24, 2.45) is 5.92 Å². The van der Waals surface area contributed by atoms with Crippen molar-refractivity contribution in [3.05, 3.63) is 0 Å². The number of carbonyl (C=O) groups excluding carboxylic acids is 4. The third-order valence-corrected chi connectivity index (χ3v) is 17.2. The summed E-state index contributed by atoms with van der Waals surface area (Å²) in [6, 6.07) is 0. The van der Waals surface area contributed by atoms with E-state index in [1.807, 2.05) is 0 Å². The fourth-order valence-corrected chi connectivity index (χ4v) is 11.5. The Balaban J connectivity index is 5.19. The molecule has 0 saturated carbocycles. The van der Waals surface area contributed by atoms with Gasteiger partial charge in [-0.1, -0.05) is 285 Å². The number of aliphatic hydroxyl groups is 1. The van der Waals surface area contributed by atoms with E-state index in [1.165, 1.54) is 148 Å². The summed E-state index contributed by atoms with van der Waals surface area (Å²) in [6.45, 7) is 7.08. The number of phosphoric ester groups is 2. The topological polar surface area (TPSA) is 237 Å². The average Bonchev–Trinajstić information content (AvgIpc) is 3.54. The molecule has 0 aromatic heterocycles. The zero-order chi connectivity index (χ0) is 62.8. The highest BCUT2D eigenvalue weighted by Crippen LogP contribution is 2.45. The van der Waals surface area contributed by atoms with Crippen molar-refractivity contribution in [2.75, 3.05) is 39.6 Å². The maximum absolute atomic E-state index is 13.0. The van der Waals surface area contributed by atoms with Gasteiger partial charge in [0.2, 0.25) is 0 Å². The second-order valence-corrected chi connectivity index (χ2v) is 27.2. The number of aliphatic hydroxyl groups excluding tert-OH is 1. The van der Waals surface area contributed by atoms with Gasteiger partial charge in [-0.2, -0.15) is 0 Å². The molecule has 0 rings (SSSR count). The first-order valence-electron chi connectivity index (χ1n) is 34.6. The van der Waals surface area contributed by atoms with E-state index in [2.05, 4.69) is 34.6 Å². The predicted molar refractivity (Wildman–Crippen MR) is 340 cm³/mol. The molecule has 0 aliphatic carbocycles. The van der Waals surface area contributed by atoms with Gasteiger partial charge in [0.05, 0.1) is 26.4 Å². The standard InChI is InChI=1S/C66H128O17P2/c1-6-9-12-15-18-20-22-24-25-26-28-30-32-35-41-46-51-65(70)82-61(56-77-64(69)50-45-40-34-31-29-27-23-21-19-16-13-10-7-2)57-80-84(72,73)78-53-60(67)54-79-85(74,75)81-58-62(55-76-63(68)49-44-39-33-17-14-11-8-3)83-66(71)52-47-42-37-36-38-43-48-59(4)5/h59-62,67H,6-58H2,1-5H3,(H,72,73)(H,74,75)/t60-,61-,62-/m1/s1. The van der Waals surface area contributed by atoms with Crippen molar-refractivity contribution >= 4 is 39.5 Å². The predicted octanol–water partition coefficient (Wildman–Crippen LogP) is 18.6. The molecule has 0 bridgehead atoms. The number of hydrogen-bond acceptors (Lipinski definition) is 15. The Labute approximate surface area is 517 Å². The number of carbonyl (C=O) groups is 4. The SMILES string of the molecule is CCCCCCCCCCCCCCCCCCC(=O)O[C@H](COC(=O)CCCCCCCCCCCCCCC)COP(=O)(O)OC[C@@H](O)COP(=O)(O)OC[C@@H](COC(=O)CCCCCCCCC)OC(=O)CCCCCCCCC(C)C. The van der Waals surface area contributed by atoms with Crippen LogP contribution in [0.5, 0.6) is 0 Å². The van der Waals surface area contributed by atoms with Crippen molar-refractivity contribution in [2.45, 2.75) is 355 Å². The van der Waals surface area contributed by atoms with Crippen LogP contribution in [0.1, 0.15) is 336 Å². The molecule has 85 heavy (non-hydrogen) atoms. The highest BCUT2D eigenvalue weighted by Gasteiger charge is 2.30. The monoisotopic (exact) mass is 1250 g/mol. The van der Waals surface area contributed by atoms with Crippen LogP contribution in [0, 0.1) is 5.92 Å². The van der Waals surface area contributed by atoms with Gasteiger partial charge in [0, 0.05) is 25.7 Å². The average molecular weight is 1260 g/mol. The Morgan fingerprint density at radius 1 is 0.318 bits per heavy atom. The summed E-state index contributed by atoms with van der Waals surface area (Å²) in [6.07, 6.45) is 44.7. The molecule has 504 valence electrons. The van der Waals surface area contributed by atoms with E-state index in [9.17, 15) is 43.2 Å². The summed E-state index contributed by atoms with van der Waals surface area (Å²) in [5.74, 6) is -1.47. The van der Waals surface area contributed by atoms with Crippen LogP contribution in [-0.2, 0) is 65.4 Å². The quantitative estimate of drug-likeness (QED) is 0.0222. The molecule has 0 heterocycles. The second kappa shape index (κ2) is 59.7. The molecule has 0 aromatic rings.